The number of hydrazine groups is 1. The Bertz CT molecular complexity index is 845. The molecule has 1 aromatic carbocycles. The van der Waals surface area contributed by atoms with Gasteiger partial charge >= 0.3 is 0 Å². The van der Waals surface area contributed by atoms with Crippen LogP contribution in [-0.2, 0) is 0 Å². The van der Waals surface area contributed by atoms with Crippen molar-refractivity contribution in [3.63, 3.8) is 0 Å². The molecule has 7 heteroatoms. The van der Waals surface area contributed by atoms with E-state index < -0.39 is 11.8 Å². The van der Waals surface area contributed by atoms with Gasteiger partial charge in [-0.25, -0.2) is 0 Å². The molecule has 2 aromatic heterocycles. The van der Waals surface area contributed by atoms with Crippen LogP contribution in [0.3, 0.4) is 0 Å². The first-order valence-electron chi connectivity index (χ1n) is 6.42. The maximum absolute atomic E-state index is 12.0. The molecule has 0 bridgehead atoms. The number of carbonyl (C=O) groups excluding carboxylic acids is 2. The molecule has 0 aliphatic carbocycles. The normalized spacial score (nSPS) is 10.4. The van der Waals surface area contributed by atoms with Gasteiger partial charge in [-0.15, -0.1) is 0 Å². The predicted octanol–water partition coefficient (Wildman–Crippen LogP) is 2.29. The van der Waals surface area contributed by atoms with Crippen LogP contribution in [0.2, 0.25) is 5.02 Å². The first-order chi connectivity index (χ1) is 10.6. The van der Waals surface area contributed by atoms with Gasteiger partial charge in [-0.05, 0) is 36.4 Å². The molecule has 3 N–H and O–H groups in total. The average molecular weight is 315 g/mol. The molecule has 22 heavy (non-hydrogen) atoms. The average Bonchev–Trinajstić information content (AvgIpc) is 2.96. The van der Waals surface area contributed by atoms with Crippen molar-refractivity contribution in [1.82, 2.24) is 20.8 Å². The molecule has 6 nitrogen and oxygen atoms in total. The monoisotopic (exact) mass is 314 g/mol. The van der Waals surface area contributed by atoms with Gasteiger partial charge in [-0.3, -0.25) is 25.4 Å². The number of nitrogens with zero attached hydrogens (tertiary/aromatic N) is 1. The third-order valence-electron chi connectivity index (χ3n) is 3.04. The molecular weight excluding hydrogens is 304 g/mol. The molecule has 2 heterocycles. The number of rotatable bonds is 2. The third-order valence-corrected chi connectivity index (χ3v) is 3.28. The van der Waals surface area contributed by atoms with Gasteiger partial charge in [0.2, 0.25) is 0 Å². The van der Waals surface area contributed by atoms with Gasteiger partial charge in [0.25, 0.3) is 11.8 Å². The summed E-state index contributed by atoms with van der Waals surface area (Å²) in [6.07, 6.45) is 2.97. The molecule has 0 aliphatic rings. The minimum Gasteiger partial charge on any atom is -0.350 e. The molecular formula is C15H11ClN4O2. The van der Waals surface area contributed by atoms with Gasteiger partial charge in [-0.1, -0.05) is 11.6 Å². The molecule has 0 saturated heterocycles. The zero-order valence-electron chi connectivity index (χ0n) is 11.3. The zero-order valence-corrected chi connectivity index (χ0v) is 12.0. The van der Waals surface area contributed by atoms with E-state index in [2.05, 4.69) is 20.8 Å². The number of carbonyl (C=O) groups is 2. The van der Waals surface area contributed by atoms with E-state index in [9.17, 15) is 9.59 Å². The second-order valence-electron chi connectivity index (χ2n) is 4.56. The molecule has 0 unspecified atom stereocenters. The summed E-state index contributed by atoms with van der Waals surface area (Å²) in [7, 11) is 0. The Morgan fingerprint density at radius 1 is 1.09 bits per heavy atom. The third kappa shape index (κ3) is 2.91. The SMILES string of the molecule is O=C(NNC(=O)c1cc2cc(Cl)ccc2[nH]1)c1cccnc1. The Morgan fingerprint density at radius 3 is 2.68 bits per heavy atom. The van der Waals surface area contributed by atoms with E-state index in [1.807, 2.05) is 0 Å². The second-order valence-corrected chi connectivity index (χ2v) is 5.00. The van der Waals surface area contributed by atoms with Crippen molar-refractivity contribution < 1.29 is 9.59 Å². The van der Waals surface area contributed by atoms with Gasteiger partial charge in [0.15, 0.2) is 0 Å². The summed E-state index contributed by atoms with van der Waals surface area (Å²) < 4.78 is 0. The first kappa shape index (κ1) is 14.1. The van der Waals surface area contributed by atoms with Crippen LogP contribution in [-0.4, -0.2) is 21.8 Å². The van der Waals surface area contributed by atoms with Crippen LogP contribution in [0, 0.1) is 0 Å². The Kier molecular flexibility index (Phi) is 3.76. The first-order valence-corrected chi connectivity index (χ1v) is 6.80. The molecule has 0 fully saturated rings. The van der Waals surface area contributed by atoms with E-state index in [1.54, 1.807) is 42.6 Å². The summed E-state index contributed by atoms with van der Waals surface area (Å²) in [6.45, 7) is 0. The zero-order chi connectivity index (χ0) is 15.5. The fourth-order valence-corrected chi connectivity index (χ4v) is 2.16. The van der Waals surface area contributed by atoms with Crippen molar-refractivity contribution in [2.45, 2.75) is 0 Å². The molecule has 0 saturated carbocycles. The van der Waals surface area contributed by atoms with Crippen LogP contribution in [0.25, 0.3) is 10.9 Å². The van der Waals surface area contributed by atoms with Crippen molar-refractivity contribution in [3.05, 3.63) is 65.1 Å². The molecule has 2 amide bonds. The Labute approximate surface area is 130 Å². The van der Waals surface area contributed by atoms with E-state index in [0.717, 1.165) is 10.9 Å². The lowest BCUT2D eigenvalue weighted by Gasteiger charge is -2.05. The number of fused-ring (bicyclic) bond motifs is 1. The van der Waals surface area contributed by atoms with E-state index in [4.69, 9.17) is 11.6 Å². The molecule has 0 aliphatic heterocycles. The largest absolute Gasteiger partial charge is 0.350 e. The maximum atomic E-state index is 12.0. The van der Waals surface area contributed by atoms with Gasteiger partial charge in [0, 0.05) is 28.3 Å². The summed E-state index contributed by atoms with van der Waals surface area (Å²) in [5.41, 5.74) is 6.13. The number of hydrogen-bond donors (Lipinski definition) is 3. The quantitative estimate of drug-likeness (QED) is 0.634. The number of hydrogen-bond acceptors (Lipinski definition) is 3. The number of pyridine rings is 1. The van der Waals surface area contributed by atoms with Gasteiger partial charge in [0.05, 0.1) is 5.56 Å². The lowest BCUT2D eigenvalue weighted by molar-refractivity contribution is 0.0844. The van der Waals surface area contributed by atoms with E-state index in [0.29, 0.717) is 16.3 Å². The standard InChI is InChI=1S/C15H11ClN4O2/c16-11-3-4-12-10(6-11)7-13(18-12)15(22)20-19-14(21)9-2-1-5-17-8-9/h1-8,18H,(H,19,21)(H,20,22). The number of benzene rings is 1. The molecule has 0 radical (unpaired) electrons. The van der Waals surface area contributed by atoms with Crippen LogP contribution in [0.15, 0.2) is 48.8 Å². The summed E-state index contributed by atoms with van der Waals surface area (Å²) in [4.78, 5) is 30.6. The minimum atomic E-state index is -0.454. The fraction of sp³-hybridized carbons (Fsp3) is 0. The highest BCUT2D eigenvalue weighted by Crippen LogP contribution is 2.19. The number of aromatic nitrogens is 2. The number of nitrogens with one attached hydrogen (secondary N) is 3. The highest BCUT2D eigenvalue weighted by molar-refractivity contribution is 6.31. The van der Waals surface area contributed by atoms with E-state index >= 15 is 0 Å². The van der Waals surface area contributed by atoms with Crippen molar-refractivity contribution in [2.24, 2.45) is 0 Å². The maximum Gasteiger partial charge on any atom is 0.286 e. The predicted molar refractivity (Wildman–Crippen MR) is 82.5 cm³/mol. The highest BCUT2D eigenvalue weighted by atomic mass is 35.5. The number of amides is 2. The molecule has 110 valence electrons. The molecule has 0 spiro atoms. The number of H-pyrrole nitrogens is 1. The van der Waals surface area contributed by atoms with Gasteiger partial charge in [0.1, 0.15) is 5.69 Å². The highest BCUT2D eigenvalue weighted by Gasteiger charge is 2.11. The Balaban J connectivity index is 1.69. The van der Waals surface area contributed by atoms with Crippen LogP contribution in [0.5, 0.6) is 0 Å². The fourth-order valence-electron chi connectivity index (χ4n) is 1.98. The minimum absolute atomic E-state index is 0.323. The lowest BCUT2D eigenvalue weighted by Crippen LogP contribution is -2.41. The number of aromatic amines is 1. The van der Waals surface area contributed by atoms with Crippen LogP contribution >= 0.6 is 11.6 Å². The van der Waals surface area contributed by atoms with Gasteiger partial charge in [-0.2, -0.15) is 0 Å². The summed E-state index contributed by atoms with van der Waals surface area (Å²) in [6, 6.07) is 10.2. The van der Waals surface area contributed by atoms with Gasteiger partial charge < -0.3 is 4.98 Å². The summed E-state index contributed by atoms with van der Waals surface area (Å²) in [5.74, 6) is -0.898. The van der Waals surface area contributed by atoms with Crippen LogP contribution < -0.4 is 10.9 Å². The van der Waals surface area contributed by atoms with Crippen molar-refractivity contribution in [3.8, 4) is 0 Å². The molecule has 0 atom stereocenters. The molecule has 3 aromatic rings. The Hall–Kier alpha value is -2.86. The van der Waals surface area contributed by atoms with E-state index in [-0.39, 0.29) is 0 Å². The Morgan fingerprint density at radius 2 is 1.91 bits per heavy atom. The van der Waals surface area contributed by atoms with Crippen molar-refractivity contribution >= 4 is 34.3 Å². The smallest absolute Gasteiger partial charge is 0.286 e. The van der Waals surface area contributed by atoms with Crippen molar-refractivity contribution in [1.29, 1.82) is 0 Å². The van der Waals surface area contributed by atoms with Crippen LogP contribution in [0.4, 0.5) is 0 Å². The van der Waals surface area contributed by atoms with Crippen LogP contribution in [0.1, 0.15) is 20.8 Å². The lowest BCUT2D eigenvalue weighted by atomic mass is 10.2. The topological polar surface area (TPSA) is 86.9 Å². The summed E-state index contributed by atoms with van der Waals surface area (Å²) >= 11 is 5.90. The van der Waals surface area contributed by atoms with E-state index in [1.165, 1.54) is 6.20 Å². The number of halogens is 1. The molecule has 3 rings (SSSR count). The second kappa shape index (κ2) is 5.87. The summed E-state index contributed by atoms with van der Waals surface area (Å²) in [5, 5.41) is 1.40. The van der Waals surface area contributed by atoms with Crippen molar-refractivity contribution in [2.75, 3.05) is 0 Å².